The lowest BCUT2D eigenvalue weighted by Gasteiger charge is -2.07. The summed E-state index contributed by atoms with van der Waals surface area (Å²) in [5.41, 5.74) is 0.419. The molecule has 1 aromatic carbocycles. The van der Waals surface area contributed by atoms with Crippen molar-refractivity contribution in [2.75, 3.05) is 0 Å². The van der Waals surface area contributed by atoms with E-state index in [1.807, 2.05) is 0 Å². The van der Waals surface area contributed by atoms with Crippen molar-refractivity contribution in [2.24, 2.45) is 7.05 Å². The second kappa shape index (κ2) is 4.95. The van der Waals surface area contributed by atoms with Crippen LogP contribution in [0.5, 0.6) is 0 Å². The van der Waals surface area contributed by atoms with Crippen molar-refractivity contribution in [1.82, 2.24) is 14.8 Å². The lowest BCUT2D eigenvalue weighted by Crippen LogP contribution is -2.12. The zero-order valence-corrected chi connectivity index (χ0v) is 10.5. The third-order valence-corrected chi connectivity index (χ3v) is 3.91. The van der Waals surface area contributed by atoms with Gasteiger partial charge in [-0.1, -0.05) is 23.7 Å². The molecule has 0 fully saturated rings. The summed E-state index contributed by atoms with van der Waals surface area (Å²) in [6.45, 7) is -0.110. The Kier molecular flexibility index (Phi) is 3.56. The molecule has 0 aliphatic carbocycles. The zero-order chi connectivity index (χ0) is 12.4. The Hall–Kier alpha value is -1.24. The lowest BCUT2D eigenvalue weighted by atomic mass is 10.2. The quantitative estimate of drug-likeness (QED) is 0.885. The molecule has 5 nitrogen and oxygen atoms in total. The maximum atomic E-state index is 11.2. The molecule has 1 aromatic heterocycles. The molecule has 1 heterocycles. The minimum absolute atomic E-state index is 0.110. The molecule has 2 aromatic rings. The van der Waals surface area contributed by atoms with E-state index in [4.69, 9.17) is 11.6 Å². The van der Waals surface area contributed by atoms with Gasteiger partial charge in [-0.25, -0.2) is 9.89 Å². The van der Waals surface area contributed by atoms with Gasteiger partial charge in [0.05, 0.1) is 11.6 Å². The summed E-state index contributed by atoms with van der Waals surface area (Å²) in [4.78, 5) is 11.9. The zero-order valence-electron chi connectivity index (χ0n) is 8.98. The average molecular weight is 272 g/mol. The monoisotopic (exact) mass is 271 g/mol. The molecule has 2 N–H and O–H groups in total. The number of benzene rings is 1. The van der Waals surface area contributed by atoms with Crippen LogP contribution in [0.3, 0.4) is 0 Å². The van der Waals surface area contributed by atoms with Gasteiger partial charge in [0.15, 0.2) is 5.16 Å². The van der Waals surface area contributed by atoms with Crippen molar-refractivity contribution >= 4 is 23.4 Å². The van der Waals surface area contributed by atoms with E-state index in [-0.39, 0.29) is 12.3 Å². The SMILES string of the molecule is Cn1c(Sc2c(Cl)cccc2CO)n[nH]c1=O. The van der Waals surface area contributed by atoms with Gasteiger partial charge in [-0.2, -0.15) is 0 Å². The van der Waals surface area contributed by atoms with E-state index < -0.39 is 0 Å². The van der Waals surface area contributed by atoms with Crippen LogP contribution in [0.2, 0.25) is 5.02 Å². The Morgan fingerprint density at radius 3 is 2.94 bits per heavy atom. The minimum Gasteiger partial charge on any atom is -0.392 e. The van der Waals surface area contributed by atoms with Crippen molar-refractivity contribution in [3.8, 4) is 0 Å². The van der Waals surface area contributed by atoms with Gasteiger partial charge in [-0.15, -0.1) is 5.10 Å². The second-order valence-electron chi connectivity index (χ2n) is 3.36. The molecule has 0 aliphatic rings. The predicted molar refractivity (Wildman–Crippen MR) is 65.3 cm³/mol. The Morgan fingerprint density at radius 2 is 2.35 bits per heavy atom. The molecule has 0 aliphatic heterocycles. The maximum absolute atomic E-state index is 11.2. The summed E-state index contributed by atoms with van der Waals surface area (Å²) < 4.78 is 1.38. The van der Waals surface area contributed by atoms with Crippen LogP contribution in [-0.2, 0) is 13.7 Å². The number of hydrogen-bond donors (Lipinski definition) is 2. The van der Waals surface area contributed by atoms with E-state index in [0.717, 1.165) is 0 Å². The van der Waals surface area contributed by atoms with Gasteiger partial charge in [-0.3, -0.25) is 4.57 Å². The van der Waals surface area contributed by atoms with Gasteiger partial charge >= 0.3 is 5.69 Å². The standard InChI is InChI=1S/C10H10ClN3O2S/c1-14-9(16)12-13-10(14)17-8-6(5-15)3-2-4-7(8)11/h2-4,15H,5H2,1H3,(H,12,16). The van der Waals surface area contributed by atoms with Crippen LogP contribution in [0.25, 0.3) is 0 Å². The van der Waals surface area contributed by atoms with E-state index in [1.54, 1.807) is 25.2 Å². The molecule has 0 bridgehead atoms. The number of aromatic nitrogens is 3. The topological polar surface area (TPSA) is 70.9 Å². The number of aliphatic hydroxyl groups is 1. The van der Waals surface area contributed by atoms with E-state index in [9.17, 15) is 9.90 Å². The van der Waals surface area contributed by atoms with Gasteiger partial charge in [0.1, 0.15) is 0 Å². The Morgan fingerprint density at radius 1 is 1.59 bits per heavy atom. The molecule has 0 spiro atoms. The minimum atomic E-state index is -0.287. The van der Waals surface area contributed by atoms with Gasteiger partial charge in [0, 0.05) is 11.9 Å². The molecule has 17 heavy (non-hydrogen) atoms. The first-order valence-electron chi connectivity index (χ1n) is 4.81. The van der Waals surface area contributed by atoms with Gasteiger partial charge in [-0.05, 0) is 23.4 Å². The summed E-state index contributed by atoms with van der Waals surface area (Å²) in [7, 11) is 1.61. The number of aliphatic hydroxyl groups excluding tert-OH is 1. The average Bonchev–Trinajstić information content (AvgIpc) is 2.63. The first kappa shape index (κ1) is 12.2. The summed E-state index contributed by atoms with van der Waals surface area (Å²) in [5.74, 6) is 0. The number of rotatable bonds is 3. The highest BCUT2D eigenvalue weighted by atomic mass is 35.5. The van der Waals surface area contributed by atoms with Crippen molar-refractivity contribution in [2.45, 2.75) is 16.7 Å². The maximum Gasteiger partial charge on any atom is 0.343 e. The molecule has 0 radical (unpaired) electrons. The third kappa shape index (κ3) is 2.38. The number of hydrogen-bond acceptors (Lipinski definition) is 4. The molecule has 90 valence electrons. The molecule has 0 unspecified atom stereocenters. The second-order valence-corrected chi connectivity index (χ2v) is 4.74. The van der Waals surface area contributed by atoms with Crippen LogP contribution in [0.4, 0.5) is 0 Å². The van der Waals surface area contributed by atoms with Crippen LogP contribution in [0.15, 0.2) is 33.0 Å². The van der Waals surface area contributed by atoms with Gasteiger partial charge < -0.3 is 5.11 Å². The van der Waals surface area contributed by atoms with Crippen LogP contribution >= 0.6 is 23.4 Å². The van der Waals surface area contributed by atoms with Crippen LogP contribution in [-0.4, -0.2) is 19.9 Å². The fourth-order valence-corrected chi connectivity index (χ4v) is 2.54. The summed E-state index contributed by atoms with van der Waals surface area (Å²) in [6.07, 6.45) is 0. The Balaban J connectivity index is 2.42. The smallest absolute Gasteiger partial charge is 0.343 e. The summed E-state index contributed by atoms with van der Waals surface area (Å²) in [6, 6.07) is 5.27. The van der Waals surface area contributed by atoms with Crippen LogP contribution < -0.4 is 5.69 Å². The lowest BCUT2D eigenvalue weighted by molar-refractivity contribution is 0.279. The van der Waals surface area contributed by atoms with E-state index in [1.165, 1.54) is 16.3 Å². The van der Waals surface area contributed by atoms with Crippen molar-refractivity contribution in [3.05, 3.63) is 39.3 Å². The fraction of sp³-hybridized carbons (Fsp3) is 0.200. The van der Waals surface area contributed by atoms with E-state index >= 15 is 0 Å². The molecule has 2 rings (SSSR count). The Bertz CT molecular complexity index is 593. The highest BCUT2D eigenvalue weighted by molar-refractivity contribution is 7.99. The molecule has 0 amide bonds. The Labute approximate surface area is 106 Å². The third-order valence-electron chi connectivity index (χ3n) is 2.25. The van der Waals surface area contributed by atoms with E-state index in [0.29, 0.717) is 20.6 Å². The molecule has 0 saturated carbocycles. The number of nitrogens with one attached hydrogen (secondary N) is 1. The largest absolute Gasteiger partial charge is 0.392 e. The molecule has 0 saturated heterocycles. The van der Waals surface area contributed by atoms with Gasteiger partial charge in [0.25, 0.3) is 0 Å². The van der Waals surface area contributed by atoms with Gasteiger partial charge in [0.2, 0.25) is 0 Å². The number of H-pyrrole nitrogens is 1. The van der Waals surface area contributed by atoms with Crippen LogP contribution in [0.1, 0.15) is 5.56 Å². The number of aromatic amines is 1. The molecule has 7 heteroatoms. The van der Waals surface area contributed by atoms with E-state index in [2.05, 4.69) is 10.2 Å². The first-order valence-corrected chi connectivity index (χ1v) is 6.00. The van der Waals surface area contributed by atoms with Crippen molar-refractivity contribution < 1.29 is 5.11 Å². The number of halogens is 1. The summed E-state index contributed by atoms with van der Waals surface area (Å²) >= 11 is 7.30. The fourth-order valence-electron chi connectivity index (χ4n) is 1.31. The van der Waals surface area contributed by atoms with Crippen molar-refractivity contribution in [3.63, 3.8) is 0 Å². The molecular weight excluding hydrogens is 262 g/mol. The molecule has 0 atom stereocenters. The normalized spacial score (nSPS) is 10.8. The number of nitrogens with zero attached hydrogens (tertiary/aromatic N) is 2. The highest BCUT2D eigenvalue weighted by Crippen LogP contribution is 2.34. The van der Waals surface area contributed by atoms with Crippen LogP contribution in [0, 0.1) is 0 Å². The predicted octanol–water partition coefficient (Wildman–Crippen LogP) is 1.41. The molecular formula is C10H10ClN3O2S. The first-order chi connectivity index (χ1) is 8.13. The van der Waals surface area contributed by atoms with Crippen molar-refractivity contribution in [1.29, 1.82) is 0 Å². The highest BCUT2D eigenvalue weighted by Gasteiger charge is 2.12. The summed E-state index contributed by atoms with van der Waals surface area (Å²) in [5, 5.41) is 16.5.